The van der Waals surface area contributed by atoms with Gasteiger partial charge in [-0.3, -0.25) is 4.79 Å². The average Bonchev–Trinajstić information content (AvgIpc) is 2.23. The molecule has 12 heteroatoms. The summed E-state index contributed by atoms with van der Waals surface area (Å²) in [6, 6.07) is 0. The maximum absolute atomic E-state index is 11.0. The molecule has 0 unspecified atom stereocenters. The van der Waals surface area contributed by atoms with Gasteiger partial charge in [0, 0.05) is 20.0 Å². The second-order valence-electron chi connectivity index (χ2n) is 3.99. The molecule has 0 radical (unpaired) electrons. The highest BCUT2D eigenvalue weighted by atomic mass is 32.5. The van der Waals surface area contributed by atoms with Crippen LogP contribution in [0.2, 0.25) is 0 Å². The molecule has 134 valence electrons. The first-order valence-electron chi connectivity index (χ1n) is 6.15. The van der Waals surface area contributed by atoms with Crippen molar-refractivity contribution in [3.8, 4) is 0 Å². The molecule has 0 bridgehead atoms. The van der Waals surface area contributed by atoms with Crippen LogP contribution in [0.15, 0.2) is 12.7 Å². The molecule has 0 aromatic rings. The summed E-state index contributed by atoms with van der Waals surface area (Å²) < 4.78 is 0. The minimum Gasteiger partial charge on any atom is -0.339 e. The van der Waals surface area contributed by atoms with Gasteiger partial charge in [-0.05, 0) is 30.0 Å². The van der Waals surface area contributed by atoms with Gasteiger partial charge in [-0.2, -0.15) is 0 Å². The Hall–Kier alpha value is 0.270. The fourth-order valence-electron chi connectivity index (χ4n) is 1.09. The van der Waals surface area contributed by atoms with E-state index in [0.717, 1.165) is 13.0 Å². The van der Waals surface area contributed by atoms with Gasteiger partial charge in [0.05, 0.1) is 0 Å². The van der Waals surface area contributed by atoms with Crippen LogP contribution in [0.3, 0.4) is 0 Å². The maximum Gasteiger partial charge on any atom is 0.319 e. The molecular weight excluding hydrogens is 372 g/mol. The fourth-order valence-corrected chi connectivity index (χ4v) is 1.09. The third-order valence-electron chi connectivity index (χ3n) is 1.83. The van der Waals surface area contributed by atoms with E-state index < -0.39 is 13.4 Å². The third kappa shape index (κ3) is 50.0. The van der Waals surface area contributed by atoms with Crippen LogP contribution in [-0.2, 0) is 28.4 Å². The summed E-state index contributed by atoms with van der Waals surface area (Å²) in [5.41, 5.74) is 0. The highest BCUT2D eigenvalue weighted by molar-refractivity contribution is 8.06. The molecule has 0 rings (SSSR count). The van der Waals surface area contributed by atoms with Gasteiger partial charge in [0.2, 0.25) is 5.91 Å². The van der Waals surface area contributed by atoms with Gasteiger partial charge in [-0.25, -0.2) is 0 Å². The quantitative estimate of drug-likeness (QED) is 0.216. The van der Waals surface area contributed by atoms with Crippen molar-refractivity contribution >= 4 is 43.0 Å². The van der Waals surface area contributed by atoms with E-state index in [4.69, 9.17) is 29.4 Å². The second kappa shape index (κ2) is 14.8. The standard InChI is InChI=1S/C10H19NO.2H3O3PS/c1-4-6-7-9-11(8-5-2)10(3)12;2*1-4(2,3)5/h5H,2,4,6-9H2,1,3H3;2*(H3,1,2,3,5). The summed E-state index contributed by atoms with van der Waals surface area (Å²) in [7, 11) is 0. The second-order valence-corrected chi connectivity index (χ2v) is 8.98. The number of hydrogen-bond donors (Lipinski definition) is 6. The molecule has 0 spiro atoms. The first-order chi connectivity index (χ1) is 9.72. The van der Waals surface area contributed by atoms with Crippen molar-refractivity contribution in [3.63, 3.8) is 0 Å². The summed E-state index contributed by atoms with van der Waals surface area (Å²) in [4.78, 5) is 58.2. The van der Waals surface area contributed by atoms with E-state index in [-0.39, 0.29) is 5.91 Å². The summed E-state index contributed by atoms with van der Waals surface area (Å²) in [5.74, 6) is 0.144. The molecular formula is C10H25NO7P2S2. The van der Waals surface area contributed by atoms with Gasteiger partial charge < -0.3 is 34.3 Å². The zero-order chi connectivity index (χ0) is 18.4. The molecule has 0 aliphatic heterocycles. The van der Waals surface area contributed by atoms with Crippen molar-refractivity contribution in [2.75, 3.05) is 13.1 Å². The van der Waals surface area contributed by atoms with Crippen molar-refractivity contribution < 1.29 is 34.2 Å². The third-order valence-corrected chi connectivity index (χ3v) is 1.83. The molecule has 0 saturated heterocycles. The summed E-state index contributed by atoms with van der Waals surface area (Å²) in [6.45, 7) is 1.32. The molecule has 1 amide bonds. The lowest BCUT2D eigenvalue weighted by molar-refractivity contribution is -0.128. The number of amides is 1. The Bertz CT molecular complexity index is 360. The number of hydrogen-bond acceptors (Lipinski definition) is 3. The zero-order valence-corrected chi connectivity index (χ0v) is 16.0. The van der Waals surface area contributed by atoms with Gasteiger partial charge in [0.25, 0.3) is 0 Å². The van der Waals surface area contributed by atoms with E-state index in [0.29, 0.717) is 6.54 Å². The molecule has 0 heterocycles. The van der Waals surface area contributed by atoms with Crippen LogP contribution in [0.5, 0.6) is 0 Å². The summed E-state index contributed by atoms with van der Waals surface area (Å²) in [5, 5.41) is 0. The Morgan fingerprint density at radius 2 is 1.45 bits per heavy atom. The predicted molar refractivity (Wildman–Crippen MR) is 93.9 cm³/mol. The normalized spacial score (nSPS) is 10.5. The number of nitrogens with zero attached hydrogens (tertiary/aromatic N) is 1. The van der Waals surface area contributed by atoms with Crippen LogP contribution in [0.1, 0.15) is 33.1 Å². The Kier molecular flexibility index (Phi) is 18.3. The van der Waals surface area contributed by atoms with Gasteiger partial charge in [0.15, 0.2) is 0 Å². The Morgan fingerprint density at radius 3 is 1.68 bits per heavy atom. The zero-order valence-electron chi connectivity index (χ0n) is 12.6. The molecule has 0 aromatic carbocycles. The minimum absolute atomic E-state index is 0.144. The molecule has 0 aliphatic carbocycles. The molecule has 8 nitrogen and oxygen atoms in total. The van der Waals surface area contributed by atoms with Gasteiger partial charge in [-0.15, -0.1) is 6.58 Å². The lowest BCUT2D eigenvalue weighted by atomic mass is 10.2. The lowest BCUT2D eigenvalue weighted by Gasteiger charge is -2.18. The van der Waals surface area contributed by atoms with Crippen molar-refractivity contribution in [2.24, 2.45) is 0 Å². The van der Waals surface area contributed by atoms with E-state index in [1.165, 1.54) is 12.8 Å². The van der Waals surface area contributed by atoms with E-state index in [1.807, 2.05) is 4.90 Å². The van der Waals surface area contributed by atoms with Crippen LogP contribution in [-0.4, -0.2) is 53.3 Å². The highest BCUT2D eigenvalue weighted by Crippen LogP contribution is 2.26. The van der Waals surface area contributed by atoms with Crippen LogP contribution < -0.4 is 0 Å². The van der Waals surface area contributed by atoms with Crippen LogP contribution in [0, 0.1) is 0 Å². The van der Waals surface area contributed by atoms with Crippen molar-refractivity contribution in [1.29, 1.82) is 0 Å². The van der Waals surface area contributed by atoms with E-state index in [9.17, 15) is 4.79 Å². The molecule has 0 fully saturated rings. The lowest BCUT2D eigenvalue weighted by Crippen LogP contribution is -2.29. The number of unbranched alkanes of at least 4 members (excludes halogenated alkanes) is 2. The van der Waals surface area contributed by atoms with Gasteiger partial charge in [-0.1, -0.05) is 25.8 Å². The maximum atomic E-state index is 11.0. The highest BCUT2D eigenvalue weighted by Gasteiger charge is 2.04. The Labute approximate surface area is 141 Å². The Morgan fingerprint density at radius 1 is 1.09 bits per heavy atom. The van der Waals surface area contributed by atoms with Gasteiger partial charge in [0.1, 0.15) is 0 Å². The summed E-state index contributed by atoms with van der Waals surface area (Å²) >= 11 is 7.21. The number of carbonyl (C=O) groups excluding carboxylic acids is 1. The monoisotopic (exact) mass is 397 g/mol. The first-order valence-corrected chi connectivity index (χ1v) is 11.5. The SMILES string of the molecule is C=CCN(CCCCC)C(C)=O.OP(O)(O)=S.OP(O)(O)=S. The van der Waals surface area contributed by atoms with Crippen molar-refractivity contribution in [3.05, 3.63) is 12.7 Å². The van der Waals surface area contributed by atoms with Crippen LogP contribution in [0.25, 0.3) is 0 Å². The molecule has 0 aliphatic rings. The molecule has 22 heavy (non-hydrogen) atoms. The smallest absolute Gasteiger partial charge is 0.319 e. The molecule has 0 aromatic heterocycles. The molecule has 6 N–H and O–H groups in total. The largest absolute Gasteiger partial charge is 0.339 e. The fraction of sp³-hybridized carbons (Fsp3) is 0.700. The van der Waals surface area contributed by atoms with E-state index in [1.54, 1.807) is 13.0 Å². The topological polar surface area (TPSA) is 142 Å². The molecule has 0 saturated carbocycles. The van der Waals surface area contributed by atoms with Gasteiger partial charge >= 0.3 is 13.4 Å². The number of carbonyl (C=O) groups is 1. The average molecular weight is 397 g/mol. The predicted octanol–water partition coefficient (Wildman–Crippen LogP) is 0.587. The van der Waals surface area contributed by atoms with E-state index >= 15 is 0 Å². The Balaban J connectivity index is -0.000000298. The van der Waals surface area contributed by atoms with E-state index in [2.05, 4.69) is 37.1 Å². The van der Waals surface area contributed by atoms with Crippen molar-refractivity contribution in [1.82, 2.24) is 4.90 Å². The summed E-state index contributed by atoms with van der Waals surface area (Å²) in [6.07, 6.45) is 5.26. The van der Waals surface area contributed by atoms with Crippen molar-refractivity contribution in [2.45, 2.75) is 33.1 Å². The molecule has 0 atom stereocenters. The minimum atomic E-state index is -3.81. The number of rotatable bonds is 6. The van der Waals surface area contributed by atoms with Crippen LogP contribution >= 0.6 is 13.4 Å². The van der Waals surface area contributed by atoms with Crippen LogP contribution in [0.4, 0.5) is 0 Å². The first kappa shape index (κ1) is 27.1.